The number of carbonyl (C=O) groups is 2. The fourth-order valence-electron chi connectivity index (χ4n) is 2.64. The summed E-state index contributed by atoms with van der Waals surface area (Å²) in [6.45, 7) is 2.36. The van der Waals surface area contributed by atoms with E-state index in [0.717, 1.165) is 38.8 Å². The maximum absolute atomic E-state index is 12.2. The highest BCUT2D eigenvalue weighted by molar-refractivity contribution is 5.80. The van der Waals surface area contributed by atoms with Crippen molar-refractivity contribution in [3.05, 3.63) is 0 Å². The van der Waals surface area contributed by atoms with E-state index < -0.39 is 0 Å². The number of nitrogens with zero attached hydrogens (tertiary/aromatic N) is 2. The quantitative estimate of drug-likeness (QED) is 0.657. The zero-order valence-electron chi connectivity index (χ0n) is 11.6. The summed E-state index contributed by atoms with van der Waals surface area (Å²) in [5.74, 6) is -0.261. The Kier molecular flexibility index (Phi) is 4.76. The minimum absolute atomic E-state index is 0.0993. The van der Waals surface area contributed by atoms with E-state index >= 15 is 0 Å². The van der Waals surface area contributed by atoms with Gasteiger partial charge in [0.15, 0.2) is 0 Å². The minimum atomic E-state index is -0.361. The number of nitrogens with two attached hydrogens (primary N) is 1. The van der Waals surface area contributed by atoms with Gasteiger partial charge in [-0.05, 0) is 38.8 Å². The van der Waals surface area contributed by atoms with Crippen LogP contribution in [0.4, 0.5) is 0 Å². The summed E-state index contributed by atoms with van der Waals surface area (Å²) < 4.78 is 0. The van der Waals surface area contributed by atoms with Crippen LogP contribution in [0.25, 0.3) is 0 Å². The van der Waals surface area contributed by atoms with E-state index in [0.29, 0.717) is 12.6 Å². The number of likely N-dealkylation sites (N-methyl/N-ethyl adjacent to an activating group) is 1. The molecule has 0 aromatic rings. The molecule has 6 nitrogen and oxygen atoms in total. The normalized spacial score (nSPS) is 20.5. The molecule has 2 aliphatic rings. The fraction of sp³-hybridized carbons (Fsp3) is 0.846. The number of hydrogen-bond acceptors (Lipinski definition) is 4. The van der Waals surface area contributed by atoms with Gasteiger partial charge in [-0.2, -0.15) is 0 Å². The van der Waals surface area contributed by atoms with Crippen molar-refractivity contribution < 1.29 is 9.59 Å². The standard InChI is InChI=1S/C13H24N4O2/c1-16(10-2-3-10)13(19)9-17(8-12(14)18)11-4-6-15-7-5-11/h10-11,15H,2-9H2,1H3,(H2,14,18). The Morgan fingerprint density at radius 2 is 1.74 bits per heavy atom. The second kappa shape index (κ2) is 6.34. The Labute approximate surface area is 114 Å². The lowest BCUT2D eigenvalue weighted by Gasteiger charge is -2.34. The largest absolute Gasteiger partial charge is 0.369 e. The number of amides is 2. The zero-order chi connectivity index (χ0) is 13.8. The molecule has 1 saturated carbocycles. The molecule has 0 aromatic carbocycles. The number of piperidine rings is 1. The molecule has 2 fully saturated rings. The SMILES string of the molecule is CN(C(=O)CN(CC(N)=O)C1CCNCC1)C1CC1. The third-order valence-electron chi connectivity index (χ3n) is 4.01. The molecular weight excluding hydrogens is 244 g/mol. The number of hydrogen-bond donors (Lipinski definition) is 2. The molecule has 0 unspecified atom stereocenters. The first-order chi connectivity index (χ1) is 9.08. The van der Waals surface area contributed by atoms with Crippen LogP contribution in [0, 0.1) is 0 Å². The average Bonchev–Trinajstić information content (AvgIpc) is 3.22. The van der Waals surface area contributed by atoms with Crippen LogP contribution in [0.2, 0.25) is 0 Å². The Balaban J connectivity index is 1.91. The predicted octanol–water partition coefficient (Wildman–Crippen LogP) is -0.853. The topological polar surface area (TPSA) is 78.7 Å². The molecule has 1 heterocycles. The van der Waals surface area contributed by atoms with Crippen LogP contribution < -0.4 is 11.1 Å². The first-order valence-electron chi connectivity index (χ1n) is 7.06. The van der Waals surface area contributed by atoms with Crippen molar-refractivity contribution in [2.24, 2.45) is 5.73 Å². The first-order valence-corrected chi connectivity index (χ1v) is 7.06. The lowest BCUT2D eigenvalue weighted by Crippen LogP contribution is -2.50. The van der Waals surface area contributed by atoms with E-state index in [2.05, 4.69) is 5.32 Å². The molecule has 2 amide bonds. The summed E-state index contributed by atoms with van der Waals surface area (Å²) >= 11 is 0. The van der Waals surface area contributed by atoms with Crippen LogP contribution in [0.3, 0.4) is 0 Å². The van der Waals surface area contributed by atoms with E-state index in [-0.39, 0.29) is 24.4 Å². The number of carbonyl (C=O) groups excluding carboxylic acids is 2. The van der Waals surface area contributed by atoms with E-state index in [1.54, 1.807) is 0 Å². The Morgan fingerprint density at radius 1 is 1.11 bits per heavy atom. The summed E-state index contributed by atoms with van der Waals surface area (Å²) in [6.07, 6.45) is 4.14. The minimum Gasteiger partial charge on any atom is -0.369 e. The van der Waals surface area contributed by atoms with Crippen LogP contribution in [0.1, 0.15) is 25.7 Å². The molecule has 1 saturated heterocycles. The lowest BCUT2D eigenvalue weighted by atomic mass is 10.0. The van der Waals surface area contributed by atoms with Gasteiger partial charge in [-0.3, -0.25) is 14.5 Å². The number of nitrogens with one attached hydrogen (secondary N) is 1. The summed E-state index contributed by atoms with van der Waals surface area (Å²) in [7, 11) is 1.85. The van der Waals surface area contributed by atoms with Gasteiger partial charge in [0.25, 0.3) is 0 Å². The maximum Gasteiger partial charge on any atom is 0.236 e. The van der Waals surface area contributed by atoms with Crippen LogP contribution >= 0.6 is 0 Å². The van der Waals surface area contributed by atoms with Crippen molar-refractivity contribution in [1.82, 2.24) is 15.1 Å². The van der Waals surface area contributed by atoms with Crippen molar-refractivity contribution in [3.8, 4) is 0 Å². The molecule has 0 aromatic heterocycles. The van der Waals surface area contributed by atoms with Gasteiger partial charge in [0.1, 0.15) is 0 Å². The van der Waals surface area contributed by atoms with Crippen LogP contribution in [0.15, 0.2) is 0 Å². The van der Waals surface area contributed by atoms with Crippen molar-refractivity contribution in [2.75, 3.05) is 33.2 Å². The Hall–Kier alpha value is -1.14. The Bertz CT molecular complexity index is 338. The van der Waals surface area contributed by atoms with Crippen molar-refractivity contribution in [1.29, 1.82) is 0 Å². The monoisotopic (exact) mass is 268 g/mol. The molecule has 0 radical (unpaired) electrons. The second-order valence-corrected chi connectivity index (χ2v) is 5.59. The molecule has 0 atom stereocenters. The third-order valence-corrected chi connectivity index (χ3v) is 4.01. The maximum atomic E-state index is 12.2. The smallest absolute Gasteiger partial charge is 0.236 e. The number of primary amides is 1. The molecule has 108 valence electrons. The zero-order valence-corrected chi connectivity index (χ0v) is 11.6. The molecule has 1 aliphatic heterocycles. The van der Waals surface area contributed by atoms with Gasteiger partial charge in [0, 0.05) is 19.1 Å². The van der Waals surface area contributed by atoms with Gasteiger partial charge in [-0.1, -0.05) is 0 Å². The molecular formula is C13H24N4O2. The van der Waals surface area contributed by atoms with Gasteiger partial charge < -0.3 is 16.0 Å². The van der Waals surface area contributed by atoms with Gasteiger partial charge in [0.2, 0.25) is 11.8 Å². The van der Waals surface area contributed by atoms with Crippen molar-refractivity contribution in [3.63, 3.8) is 0 Å². The Morgan fingerprint density at radius 3 is 2.26 bits per heavy atom. The van der Waals surface area contributed by atoms with Gasteiger partial charge in [0.05, 0.1) is 13.1 Å². The van der Waals surface area contributed by atoms with Crippen LogP contribution in [-0.2, 0) is 9.59 Å². The number of rotatable bonds is 6. The molecule has 3 N–H and O–H groups in total. The highest BCUT2D eigenvalue weighted by atomic mass is 16.2. The predicted molar refractivity (Wildman–Crippen MR) is 72.5 cm³/mol. The summed E-state index contributed by atoms with van der Waals surface area (Å²) in [5, 5.41) is 3.29. The second-order valence-electron chi connectivity index (χ2n) is 5.59. The van der Waals surface area contributed by atoms with E-state index in [1.807, 2.05) is 16.8 Å². The van der Waals surface area contributed by atoms with Crippen molar-refractivity contribution >= 4 is 11.8 Å². The van der Waals surface area contributed by atoms with Crippen LogP contribution in [0.5, 0.6) is 0 Å². The molecule has 0 bridgehead atoms. The molecule has 0 spiro atoms. The summed E-state index contributed by atoms with van der Waals surface area (Å²) in [6, 6.07) is 0.696. The van der Waals surface area contributed by atoms with E-state index in [1.165, 1.54) is 0 Å². The summed E-state index contributed by atoms with van der Waals surface area (Å²) in [5.41, 5.74) is 5.30. The molecule has 19 heavy (non-hydrogen) atoms. The van der Waals surface area contributed by atoms with E-state index in [9.17, 15) is 9.59 Å². The van der Waals surface area contributed by atoms with Gasteiger partial charge >= 0.3 is 0 Å². The van der Waals surface area contributed by atoms with E-state index in [4.69, 9.17) is 5.73 Å². The molecule has 6 heteroatoms. The third kappa shape index (κ3) is 4.18. The van der Waals surface area contributed by atoms with Gasteiger partial charge in [-0.25, -0.2) is 0 Å². The molecule has 2 rings (SSSR count). The molecule has 1 aliphatic carbocycles. The highest BCUT2D eigenvalue weighted by Gasteiger charge is 2.32. The van der Waals surface area contributed by atoms with Gasteiger partial charge in [-0.15, -0.1) is 0 Å². The average molecular weight is 268 g/mol. The summed E-state index contributed by atoms with van der Waals surface area (Å²) in [4.78, 5) is 27.1. The lowest BCUT2D eigenvalue weighted by molar-refractivity contribution is -0.133. The van der Waals surface area contributed by atoms with Crippen LogP contribution in [-0.4, -0.2) is 66.9 Å². The fourth-order valence-corrected chi connectivity index (χ4v) is 2.64. The highest BCUT2D eigenvalue weighted by Crippen LogP contribution is 2.25. The van der Waals surface area contributed by atoms with Crippen molar-refractivity contribution in [2.45, 2.75) is 37.8 Å². The first kappa shape index (κ1) is 14.3.